The third-order valence-corrected chi connectivity index (χ3v) is 3.94. The molecule has 142 valence electrons. The Morgan fingerprint density at radius 1 is 0.929 bits per heavy atom. The van der Waals surface area contributed by atoms with Crippen molar-refractivity contribution in [3.63, 3.8) is 0 Å². The van der Waals surface area contributed by atoms with Gasteiger partial charge >= 0.3 is 0 Å². The van der Waals surface area contributed by atoms with Crippen LogP contribution in [0.2, 0.25) is 0 Å². The van der Waals surface area contributed by atoms with Gasteiger partial charge in [0.2, 0.25) is 6.79 Å². The molecule has 0 radical (unpaired) electrons. The predicted molar refractivity (Wildman–Crippen MR) is 103 cm³/mol. The molecule has 1 aromatic carbocycles. The predicted octanol–water partition coefficient (Wildman–Crippen LogP) is 2.19. The highest BCUT2D eigenvalue weighted by Crippen LogP contribution is 2.32. The van der Waals surface area contributed by atoms with Crippen molar-refractivity contribution in [2.24, 2.45) is 0 Å². The van der Waals surface area contributed by atoms with Gasteiger partial charge in [0.15, 0.2) is 17.3 Å². The lowest BCUT2D eigenvalue weighted by Crippen LogP contribution is -2.28. The first-order valence-electron chi connectivity index (χ1n) is 8.71. The van der Waals surface area contributed by atoms with Gasteiger partial charge in [0, 0.05) is 24.8 Å². The van der Waals surface area contributed by atoms with E-state index in [0.29, 0.717) is 47.6 Å². The minimum Gasteiger partial charge on any atom is -0.454 e. The molecule has 0 atom stereocenters. The third-order valence-electron chi connectivity index (χ3n) is 3.94. The highest BCUT2D eigenvalue weighted by molar-refractivity contribution is 5.94. The van der Waals surface area contributed by atoms with Crippen LogP contribution in [0, 0.1) is 0 Å². The molecule has 1 aliphatic heterocycles. The molecule has 9 nitrogen and oxygen atoms in total. The van der Waals surface area contributed by atoms with Crippen molar-refractivity contribution in [1.82, 2.24) is 20.5 Å². The number of nitrogens with zero attached hydrogens (tertiary/aromatic N) is 3. The lowest BCUT2D eigenvalue weighted by molar-refractivity contribution is 0.0954. The molecule has 0 unspecified atom stereocenters. The highest BCUT2D eigenvalue weighted by atomic mass is 16.7. The number of nitrogens with one attached hydrogen (secondary N) is 3. The van der Waals surface area contributed by atoms with Gasteiger partial charge in [0.25, 0.3) is 5.91 Å². The van der Waals surface area contributed by atoms with E-state index in [1.54, 1.807) is 36.5 Å². The van der Waals surface area contributed by atoms with E-state index in [4.69, 9.17) is 9.47 Å². The molecular weight excluding hydrogens is 360 g/mol. The molecule has 3 N–H and O–H groups in total. The summed E-state index contributed by atoms with van der Waals surface area (Å²) in [6.45, 7) is 1.13. The molecule has 1 amide bonds. The second-order valence-corrected chi connectivity index (χ2v) is 5.89. The number of fused-ring (bicyclic) bond motifs is 1. The Kier molecular flexibility index (Phi) is 5.14. The summed E-state index contributed by atoms with van der Waals surface area (Å²) in [4.78, 5) is 16.4. The second-order valence-electron chi connectivity index (χ2n) is 5.89. The fourth-order valence-corrected chi connectivity index (χ4v) is 2.57. The lowest BCUT2D eigenvalue weighted by Gasteiger charge is -2.08. The van der Waals surface area contributed by atoms with Gasteiger partial charge in [-0.2, -0.15) is 0 Å². The number of ether oxygens (including phenoxy) is 2. The molecule has 0 saturated heterocycles. The van der Waals surface area contributed by atoms with Crippen LogP contribution in [-0.2, 0) is 0 Å². The molecule has 0 aliphatic carbocycles. The van der Waals surface area contributed by atoms with Crippen LogP contribution in [0.25, 0.3) is 0 Å². The van der Waals surface area contributed by atoms with Crippen molar-refractivity contribution < 1.29 is 14.3 Å². The van der Waals surface area contributed by atoms with Crippen LogP contribution in [0.1, 0.15) is 10.4 Å². The summed E-state index contributed by atoms with van der Waals surface area (Å²) < 4.78 is 10.5. The zero-order chi connectivity index (χ0) is 19.2. The second kappa shape index (κ2) is 8.21. The van der Waals surface area contributed by atoms with Crippen LogP contribution >= 0.6 is 0 Å². The Morgan fingerprint density at radius 2 is 1.79 bits per heavy atom. The van der Waals surface area contributed by atoms with E-state index >= 15 is 0 Å². The van der Waals surface area contributed by atoms with E-state index in [1.165, 1.54) is 0 Å². The molecule has 0 saturated carbocycles. The fraction of sp³-hybridized carbons (Fsp3) is 0.158. The average molecular weight is 378 g/mol. The van der Waals surface area contributed by atoms with E-state index < -0.39 is 0 Å². The number of carbonyl (C=O) groups is 1. The number of aromatic nitrogens is 3. The molecule has 0 spiro atoms. The molecule has 4 rings (SSSR count). The molecule has 3 heterocycles. The first-order valence-corrected chi connectivity index (χ1v) is 8.71. The number of anilines is 3. The number of amides is 1. The van der Waals surface area contributed by atoms with Gasteiger partial charge in [-0.1, -0.05) is 6.07 Å². The summed E-state index contributed by atoms with van der Waals surface area (Å²) in [6, 6.07) is 14.3. The summed E-state index contributed by atoms with van der Waals surface area (Å²) in [5.41, 5.74) is 0.522. The van der Waals surface area contributed by atoms with Gasteiger partial charge in [-0.3, -0.25) is 4.79 Å². The number of carbonyl (C=O) groups excluding carboxylic acids is 1. The number of hydrogen-bond donors (Lipinski definition) is 3. The average Bonchev–Trinajstić information content (AvgIpc) is 3.21. The number of rotatable bonds is 7. The summed E-state index contributed by atoms with van der Waals surface area (Å²) >= 11 is 0. The van der Waals surface area contributed by atoms with Crippen molar-refractivity contribution >= 4 is 23.4 Å². The Morgan fingerprint density at radius 3 is 2.61 bits per heavy atom. The normalized spacial score (nSPS) is 11.7. The molecule has 0 bridgehead atoms. The molecular formula is C19H18N6O3. The van der Waals surface area contributed by atoms with Crippen molar-refractivity contribution in [2.45, 2.75) is 0 Å². The number of pyridine rings is 1. The van der Waals surface area contributed by atoms with E-state index in [-0.39, 0.29) is 12.7 Å². The van der Waals surface area contributed by atoms with Gasteiger partial charge in [-0.05, 0) is 42.5 Å². The van der Waals surface area contributed by atoms with Crippen LogP contribution in [0.3, 0.4) is 0 Å². The zero-order valence-electron chi connectivity index (χ0n) is 14.9. The van der Waals surface area contributed by atoms with Crippen LogP contribution < -0.4 is 25.4 Å². The van der Waals surface area contributed by atoms with E-state index in [0.717, 1.165) is 0 Å². The third kappa shape index (κ3) is 4.26. The molecule has 3 aromatic rings. The maximum absolute atomic E-state index is 12.2. The maximum Gasteiger partial charge on any atom is 0.251 e. The van der Waals surface area contributed by atoms with E-state index in [1.807, 2.05) is 18.2 Å². The van der Waals surface area contributed by atoms with Crippen LogP contribution in [0.4, 0.5) is 17.5 Å². The van der Waals surface area contributed by atoms with Gasteiger partial charge < -0.3 is 25.4 Å². The Labute approximate surface area is 161 Å². The summed E-state index contributed by atoms with van der Waals surface area (Å²) in [5, 5.41) is 17.2. The van der Waals surface area contributed by atoms with Crippen LogP contribution in [0.15, 0.2) is 54.7 Å². The number of hydrogen-bond acceptors (Lipinski definition) is 8. The van der Waals surface area contributed by atoms with Gasteiger partial charge in [0.1, 0.15) is 11.6 Å². The topological polar surface area (TPSA) is 110 Å². The monoisotopic (exact) mass is 378 g/mol. The fourth-order valence-electron chi connectivity index (χ4n) is 2.57. The van der Waals surface area contributed by atoms with Crippen molar-refractivity contribution in [2.75, 3.05) is 30.5 Å². The quantitative estimate of drug-likeness (QED) is 0.537. The Balaban J connectivity index is 1.22. The summed E-state index contributed by atoms with van der Waals surface area (Å²) in [6.07, 6.45) is 1.70. The minimum absolute atomic E-state index is 0.180. The molecule has 9 heteroatoms. The van der Waals surface area contributed by atoms with E-state index in [9.17, 15) is 4.79 Å². The Bertz CT molecular complexity index is 950. The molecule has 2 aromatic heterocycles. The largest absolute Gasteiger partial charge is 0.454 e. The van der Waals surface area contributed by atoms with Crippen molar-refractivity contribution in [1.29, 1.82) is 0 Å². The van der Waals surface area contributed by atoms with Gasteiger partial charge in [0.05, 0.1) is 0 Å². The van der Waals surface area contributed by atoms with Gasteiger partial charge in [-0.15, -0.1) is 10.2 Å². The molecule has 0 fully saturated rings. The first kappa shape index (κ1) is 17.5. The smallest absolute Gasteiger partial charge is 0.251 e. The summed E-state index contributed by atoms with van der Waals surface area (Å²) in [7, 11) is 0. The van der Waals surface area contributed by atoms with E-state index in [2.05, 4.69) is 31.1 Å². The standard InChI is InChI=1S/C19H18N6O3/c26-19(13-4-5-14-15(11-13)28-12-27-14)22-10-9-21-17-6-7-18(25-24-17)23-16-3-1-2-8-20-16/h1-8,11H,9-10,12H2,(H,21,24)(H,22,26)(H,20,23,25). The summed E-state index contributed by atoms with van der Waals surface area (Å²) in [5.74, 6) is 2.97. The van der Waals surface area contributed by atoms with Gasteiger partial charge in [-0.25, -0.2) is 4.98 Å². The Hall–Kier alpha value is -3.88. The minimum atomic E-state index is -0.180. The maximum atomic E-state index is 12.2. The molecule has 28 heavy (non-hydrogen) atoms. The van der Waals surface area contributed by atoms with Crippen molar-refractivity contribution in [3.05, 3.63) is 60.3 Å². The lowest BCUT2D eigenvalue weighted by atomic mass is 10.2. The van der Waals surface area contributed by atoms with Crippen LogP contribution in [-0.4, -0.2) is 41.0 Å². The van der Waals surface area contributed by atoms with Crippen molar-refractivity contribution in [3.8, 4) is 11.5 Å². The zero-order valence-corrected chi connectivity index (χ0v) is 14.9. The van der Waals surface area contributed by atoms with Crippen LogP contribution in [0.5, 0.6) is 11.5 Å². The first-order chi connectivity index (χ1) is 13.8. The number of benzene rings is 1. The SMILES string of the molecule is O=C(NCCNc1ccc(Nc2ccccn2)nn1)c1ccc2c(c1)OCO2. The molecule has 1 aliphatic rings. The highest BCUT2D eigenvalue weighted by Gasteiger charge is 2.15.